The quantitative estimate of drug-likeness (QED) is 0.523. The van der Waals surface area contributed by atoms with Gasteiger partial charge in [0.25, 0.3) is 0 Å². The zero-order chi connectivity index (χ0) is 18.1. The molecule has 1 aromatic carbocycles. The molecule has 0 amide bonds. The predicted molar refractivity (Wildman–Crippen MR) is 89.1 cm³/mol. The second-order valence-corrected chi connectivity index (χ2v) is 5.72. The van der Waals surface area contributed by atoms with Crippen molar-refractivity contribution in [3.05, 3.63) is 52.7 Å². The Morgan fingerprint density at radius 2 is 2.04 bits per heavy atom. The summed E-state index contributed by atoms with van der Waals surface area (Å²) in [7, 11) is 1.59. The molecule has 0 radical (unpaired) electrons. The van der Waals surface area contributed by atoms with Crippen LogP contribution in [0.4, 0.5) is 0 Å². The molecule has 0 aliphatic carbocycles. The molecule has 3 rings (SSSR count). The summed E-state index contributed by atoms with van der Waals surface area (Å²) < 4.78 is 8.01. The molecule has 0 saturated carbocycles. The Labute approximate surface area is 148 Å². The van der Waals surface area contributed by atoms with Crippen molar-refractivity contribution >= 4 is 23.4 Å². The molecule has 0 bridgehead atoms. The van der Waals surface area contributed by atoms with E-state index in [1.165, 1.54) is 28.9 Å². The second kappa shape index (κ2) is 6.48. The van der Waals surface area contributed by atoms with E-state index >= 15 is 0 Å². The third-order valence-corrected chi connectivity index (χ3v) is 3.83. The fourth-order valence-electron chi connectivity index (χ4n) is 2.46. The van der Waals surface area contributed by atoms with Gasteiger partial charge in [0, 0.05) is 19.5 Å². The molecule has 0 fully saturated rings. The van der Waals surface area contributed by atoms with Gasteiger partial charge in [0.1, 0.15) is 18.2 Å². The summed E-state index contributed by atoms with van der Waals surface area (Å²) >= 11 is 6.29. The number of carbonyl (C=O) groups is 2. The van der Waals surface area contributed by atoms with Crippen molar-refractivity contribution in [1.29, 1.82) is 0 Å². The normalized spacial score (nSPS) is 10.7. The highest BCUT2D eigenvalue weighted by Gasteiger charge is 2.25. The van der Waals surface area contributed by atoms with Crippen LogP contribution >= 0.6 is 11.6 Å². The van der Waals surface area contributed by atoms with Crippen molar-refractivity contribution in [3.63, 3.8) is 0 Å². The summed E-state index contributed by atoms with van der Waals surface area (Å²) in [5, 5.41) is 8.41. The predicted octanol–water partition coefficient (Wildman–Crippen LogP) is 2.12. The molecule has 0 saturated heterocycles. The molecular formula is C16H14ClN5O3. The van der Waals surface area contributed by atoms with Gasteiger partial charge in [0.2, 0.25) is 11.7 Å². The molecule has 128 valence electrons. The zero-order valence-corrected chi connectivity index (χ0v) is 14.5. The molecule has 25 heavy (non-hydrogen) atoms. The number of hydrogen-bond donors (Lipinski definition) is 0. The second-order valence-electron chi connectivity index (χ2n) is 5.32. The van der Waals surface area contributed by atoms with Crippen LogP contribution in [0.3, 0.4) is 0 Å². The van der Waals surface area contributed by atoms with Gasteiger partial charge in [0.15, 0.2) is 0 Å². The van der Waals surface area contributed by atoms with Crippen LogP contribution in [0.1, 0.15) is 28.5 Å². The largest absolute Gasteiger partial charge is 0.407 e. The van der Waals surface area contributed by atoms with Crippen molar-refractivity contribution in [2.45, 2.75) is 13.8 Å². The highest BCUT2D eigenvalue weighted by molar-refractivity contribution is 6.35. The lowest BCUT2D eigenvalue weighted by Gasteiger charge is -2.08. The maximum Gasteiger partial charge on any atom is 0.309 e. The molecule has 0 aliphatic heterocycles. The van der Waals surface area contributed by atoms with Gasteiger partial charge in [-0.2, -0.15) is 10.2 Å². The SMILES string of the molecule is CC(=O)Oc1c(C(=O)c2ccc(-n3cncn3)cc2Cl)c(C)nn1C. The fraction of sp³-hybridized carbons (Fsp3) is 0.188. The minimum absolute atomic E-state index is 0.0893. The number of carbonyl (C=O) groups excluding carboxylic acids is 2. The highest BCUT2D eigenvalue weighted by Crippen LogP contribution is 2.29. The van der Waals surface area contributed by atoms with E-state index in [0.29, 0.717) is 11.4 Å². The lowest BCUT2D eigenvalue weighted by molar-refractivity contribution is -0.132. The third kappa shape index (κ3) is 3.16. The van der Waals surface area contributed by atoms with E-state index in [-0.39, 0.29) is 27.8 Å². The smallest absolute Gasteiger partial charge is 0.309 e. The average Bonchev–Trinajstić information content (AvgIpc) is 3.15. The summed E-state index contributed by atoms with van der Waals surface area (Å²) in [5.74, 6) is -0.826. The monoisotopic (exact) mass is 359 g/mol. The summed E-state index contributed by atoms with van der Waals surface area (Å²) in [6.07, 6.45) is 2.93. The lowest BCUT2D eigenvalue weighted by Crippen LogP contribution is -2.11. The Hall–Kier alpha value is -3.00. The van der Waals surface area contributed by atoms with E-state index in [1.807, 2.05) is 0 Å². The van der Waals surface area contributed by atoms with Gasteiger partial charge >= 0.3 is 5.97 Å². The molecule has 0 spiro atoms. The minimum Gasteiger partial charge on any atom is -0.407 e. The molecule has 3 aromatic rings. The summed E-state index contributed by atoms with van der Waals surface area (Å²) in [6.45, 7) is 2.92. The molecule has 8 nitrogen and oxygen atoms in total. The maximum atomic E-state index is 12.9. The van der Waals surface area contributed by atoms with Crippen molar-refractivity contribution < 1.29 is 14.3 Å². The Bertz CT molecular complexity index is 963. The van der Waals surface area contributed by atoms with Gasteiger partial charge in [-0.3, -0.25) is 9.59 Å². The first kappa shape index (κ1) is 16.8. The highest BCUT2D eigenvalue weighted by atomic mass is 35.5. The van der Waals surface area contributed by atoms with E-state index < -0.39 is 5.97 Å². The van der Waals surface area contributed by atoms with Crippen LogP contribution in [-0.4, -0.2) is 36.3 Å². The Morgan fingerprint density at radius 3 is 2.64 bits per heavy atom. The Balaban J connectivity index is 2.03. The van der Waals surface area contributed by atoms with Crippen LogP contribution in [0.5, 0.6) is 5.88 Å². The van der Waals surface area contributed by atoms with Crippen LogP contribution in [0.2, 0.25) is 5.02 Å². The van der Waals surface area contributed by atoms with E-state index in [1.54, 1.807) is 32.2 Å². The maximum absolute atomic E-state index is 12.9. The molecule has 9 heteroatoms. The standard InChI is InChI=1S/C16H14ClN5O3/c1-9-14(16(21(3)20-9)25-10(2)23)15(24)12-5-4-11(6-13(12)17)22-8-18-7-19-22/h4-8H,1-3H3. The molecule has 2 heterocycles. The average molecular weight is 360 g/mol. The van der Waals surface area contributed by atoms with Gasteiger partial charge in [0.05, 0.1) is 16.4 Å². The summed E-state index contributed by atoms with van der Waals surface area (Å²) in [5.41, 5.74) is 1.59. The molecule has 0 unspecified atom stereocenters. The van der Waals surface area contributed by atoms with Crippen LogP contribution in [0, 0.1) is 6.92 Å². The number of nitrogens with zero attached hydrogens (tertiary/aromatic N) is 5. The number of halogens is 1. The first-order chi connectivity index (χ1) is 11.9. The lowest BCUT2D eigenvalue weighted by atomic mass is 10.0. The van der Waals surface area contributed by atoms with Crippen LogP contribution < -0.4 is 4.74 Å². The fourth-order valence-corrected chi connectivity index (χ4v) is 2.72. The van der Waals surface area contributed by atoms with Crippen molar-refractivity contribution in [1.82, 2.24) is 24.5 Å². The number of ketones is 1. The van der Waals surface area contributed by atoms with Crippen molar-refractivity contribution in [3.8, 4) is 11.6 Å². The summed E-state index contributed by atoms with van der Waals surface area (Å²) in [4.78, 5) is 28.1. The number of ether oxygens (including phenoxy) is 1. The third-order valence-electron chi connectivity index (χ3n) is 3.52. The van der Waals surface area contributed by atoms with Crippen LogP contribution in [0.15, 0.2) is 30.9 Å². The topological polar surface area (TPSA) is 91.9 Å². The number of hydrogen-bond acceptors (Lipinski definition) is 6. The number of aryl methyl sites for hydroxylation is 2. The molecule has 2 aromatic heterocycles. The minimum atomic E-state index is -0.537. The van der Waals surface area contributed by atoms with E-state index in [9.17, 15) is 9.59 Å². The van der Waals surface area contributed by atoms with Gasteiger partial charge in [-0.25, -0.2) is 14.3 Å². The first-order valence-electron chi connectivity index (χ1n) is 7.29. The first-order valence-corrected chi connectivity index (χ1v) is 7.67. The van der Waals surface area contributed by atoms with Gasteiger partial charge in [-0.05, 0) is 25.1 Å². The van der Waals surface area contributed by atoms with E-state index in [0.717, 1.165) is 0 Å². The van der Waals surface area contributed by atoms with Crippen molar-refractivity contribution in [2.24, 2.45) is 7.05 Å². The van der Waals surface area contributed by atoms with E-state index in [2.05, 4.69) is 15.2 Å². The number of rotatable bonds is 4. The van der Waals surface area contributed by atoms with Gasteiger partial charge in [-0.15, -0.1) is 0 Å². The van der Waals surface area contributed by atoms with Gasteiger partial charge in [-0.1, -0.05) is 11.6 Å². The van der Waals surface area contributed by atoms with Crippen LogP contribution in [0.25, 0.3) is 5.69 Å². The molecular weight excluding hydrogens is 346 g/mol. The number of aromatic nitrogens is 5. The zero-order valence-electron chi connectivity index (χ0n) is 13.7. The molecule has 0 aliphatic rings. The number of esters is 1. The molecule has 0 atom stereocenters. The molecule has 0 N–H and O–H groups in total. The van der Waals surface area contributed by atoms with E-state index in [4.69, 9.17) is 16.3 Å². The Kier molecular flexibility index (Phi) is 4.37. The summed E-state index contributed by atoms with van der Waals surface area (Å²) in [6, 6.07) is 4.90. The number of benzene rings is 1. The van der Waals surface area contributed by atoms with Gasteiger partial charge < -0.3 is 4.74 Å². The van der Waals surface area contributed by atoms with Crippen LogP contribution in [-0.2, 0) is 11.8 Å². The van der Waals surface area contributed by atoms with Crippen molar-refractivity contribution in [2.75, 3.05) is 0 Å². The Morgan fingerprint density at radius 1 is 1.28 bits per heavy atom.